The predicted molar refractivity (Wildman–Crippen MR) is 99.5 cm³/mol. The summed E-state index contributed by atoms with van der Waals surface area (Å²) in [6.45, 7) is 5.55. The fourth-order valence-corrected chi connectivity index (χ4v) is 3.34. The summed E-state index contributed by atoms with van der Waals surface area (Å²) < 4.78 is 11.3. The number of hydrogen-bond donors (Lipinski definition) is 0. The number of aromatic nitrogens is 2. The fraction of sp³-hybridized carbons (Fsp3) is 0.333. The second kappa shape index (κ2) is 7.81. The standard InChI is InChI=1S/C21H23N3O2/c1-16-22-21(26-23-16)19-9-7-18(8-10-19)20-11-12-24(13-14-25-20)15-17-5-3-2-4-6-17/h2-10,20H,11-15H2,1H3. The van der Waals surface area contributed by atoms with Crippen molar-refractivity contribution in [2.24, 2.45) is 0 Å². The van der Waals surface area contributed by atoms with E-state index in [1.165, 1.54) is 11.1 Å². The molecular weight excluding hydrogens is 326 g/mol. The van der Waals surface area contributed by atoms with Gasteiger partial charge in [0.05, 0.1) is 12.7 Å². The fourth-order valence-electron chi connectivity index (χ4n) is 3.34. The molecule has 1 fully saturated rings. The molecule has 1 unspecified atom stereocenters. The highest BCUT2D eigenvalue weighted by atomic mass is 16.5. The maximum absolute atomic E-state index is 6.11. The van der Waals surface area contributed by atoms with Crippen LogP contribution in [-0.2, 0) is 11.3 Å². The first-order valence-corrected chi connectivity index (χ1v) is 9.06. The molecule has 1 aliphatic rings. The van der Waals surface area contributed by atoms with Crippen LogP contribution in [0.15, 0.2) is 59.1 Å². The van der Waals surface area contributed by atoms with Gasteiger partial charge in [-0.2, -0.15) is 4.98 Å². The molecule has 0 spiro atoms. The lowest BCUT2D eigenvalue weighted by Crippen LogP contribution is -2.25. The van der Waals surface area contributed by atoms with E-state index in [1.807, 2.05) is 19.1 Å². The van der Waals surface area contributed by atoms with Gasteiger partial charge in [-0.25, -0.2) is 0 Å². The van der Waals surface area contributed by atoms with E-state index in [0.29, 0.717) is 11.7 Å². The summed E-state index contributed by atoms with van der Waals surface area (Å²) in [4.78, 5) is 6.74. The summed E-state index contributed by atoms with van der Waals surface area (Å²) in [6.07, 6.45) is 1.13. The minimum atomic E-state index is 0.134. The number of nitrogens with zero attached hydrogens (tertiary/aromatic N) is 3. The number of benzene rings is 2. The molecule has 2 heterocycles. The van der Waals surface area contributed by atoms with E-state index in [1.54, 1.807) is 0 Å². The van der Waals surface area contributed by atoms with Gasteiger partial charge in [-0.15, -0.1) is 0 Å². The van der Waals surface area contributed by atoms with Gasteiger partial charge in [0.1, 0.15) is 0 Å². The van der Waals surface area contributed by atoms with Gasteiger partial charge >= 0.3 is 0 Å². The van der Waals surface area contributed by atoms with Gasteiger partial charge in [0.15, 0.2) is 5.82 Å². The Kier molecular flexibility index (Phi) is 5.09. The first-order valence-electron chi connectivity index (χ1n) is 9.06. The van der Waals surface area contributed by atoms with Gasteiger partial charge in [0, 0.05) is 25.2 Å². The van der Waals surface area contributed by atoms with Gasteiger partial charge in [0.2, 0.25) is 0 Å². The minimum Gasteiger partial charge on any atom is -0.372 e. The molecule has 4 rings (SSSR count). The van der Waals surface area contributed by atoms with Gasteiger partial charge in [0.25, 0.3) is 5.89 Å². The Balaban J connectivity index is 1.39. The molecule has 1 saturated heterocycles. The molecule has 134 valence electrons. The molecule has 0 saturated carbocycles. The van der Waals surface area contributed by atoms with Crippen LogP contribution in [-0.4, -0.2) is 34.7 Å². The maximum Gasteiger partial charge on any atom is 0.257 e. The zero-order valence-corrected chi connectivity index (χ0v) is 15.0. The van der Waals surface area contributed by atoms with E-state index in [-0.39, 0.29) is 6.10 Å². The Morgan fingerprint density at radius 2 is 1.85 bits per heavy atom. The number of rotatable bonds is 4. The molecule has 26 heavy (non-hydrogen) atoms. The quantitative estimate of drug-likeness (QED) is 0.712. The van der Waals surface area contributed by atoms with Crippen molar-refractivity contribution in [3.8, 4) is 11.5 Å². The Hall–Kier alpha value is -2.50. The van der Waals surface area contributed by atoms with Crippen molar-refractivity contribution in [2.75, 3.05) is 19.7 Å². The van der Waals surface area contributed by atoms with Gasteiger partial charge in [-0.05, 0) is 36.6 Å². The summed E-state index contributed by atoms with van der Waals surface area (Å²) >= 11 is 0. The van der Waals surface area contributed by atoms with E-state index in [0.717, 1.165) is 38.2 Å². The third kappa shape index (κ3) is 4.00. The molecule has 0 N–H and O–H groups in total. The number of aryl methyl sites for hydroxylation is 1. The van der Waals surface area contributed by atoms with Crippen LogP contribution < -0.4 is 0 Å². The molecule has 3 aromatic rings. The Morgan fingerprint density at radius 1 is 1.04 bits per heavy atom. The maximum atomic E-state index is 6.11. The number of hydrogen-bond acceptors (Lipinski definition) is 5. The van der Waals surface area contributed by atoms with Crippen molar-refractivity contribution in [3.05, 3.63) is 71.5 Å². The molecular formula is C21H23N3O2. The molecule has 0 amide bonds. The largest absolute Gasteiger partial charge is 0.372 e. The van der Waals surface area contributed by atoms with Crippen molar-refractivity contribution in [1.82, 2.24) is 15.0 Å². The van der Waals surface area contributed by atoms with Crippen molar-refractivity contribution >= 4 is 0 Å². The summed E-state index contributed by atoms with van der Waals surface area (Å²) in [6, 6.07) is 18.9. The Labute approximate surface area is 153 Å². The highest BCUT2D eigenvalue weighted by Gasteiger charge is 2.19. The number of ether oxygens (including phenoxy) is 1. The first-order chi connectivity index (χ1) is 12.8. The van der Waals surface area contributed by atoms with Crippen molar-refractivity contribution in [3.63, 3.8) is 0 Å². The summed E-state index contributed by atoms with van der Waals surface area (Å²) in [7, 11) is 0. The van der Waals surface area contributed by atoms with Crippen LogP contribution in [0.25, 0.3) is 11.5 Å². The highest BCUT2D eigenvalue weighted by molar-refractivity contribution is 5.53. The van der Waals surface area contributed by atoms with Crippen LogP contribution in [0.1, 0.15) is 29.5 Å². The van der Waals surface area contributed by atoms with Crippen LogP contribution in [0.4, 0.5) is 0 Å². The average molecular weight is 349 g/mol. The molecule has 0 bridgehead atoms. The van der Waals surface area contributed by atoms with Crippen LogP contribution in [0.3, 0.4) is 0 Å². The van der Waals surface area contributed by atoms with Crippen LogP contribution in [0, 0.1) is 6.92 Å². The minimum absolute atomic E-state index is 0.134. The van der Waals surface area contributed by atoms with Crippen LogP contribution in [0.5, 0.6) is 0 Å². The molecule has 1 atom stereocenters. The molecule has 0 aliphatic carbocycles. The highest BCUT2D eigenvalue weighted by Crippen LogP contribution is 2.27. The van der Waals surface area contributed by atoms with E-state index >= 15 is 0 Å². The van der Waals surface area contributed by atoms with Crippen molar-refractivity contribution in [2.45, 2.75) is 26.0 Å². The van der Waals surface area contributed by atoms with Gasteiger partial charge in [-0.1, -0.05) is 47.6 Å². The lowest BCUT2D eigenvalue weighted by molar-refractivity contribution is 0.0616. The van der Waals surface area contributed by atoms with Crippen LogP contribution >= 0.6 is 0 Å². The van der Waals surface area contributed by atoms with Gasteiger partial charge in [-0.3, -0.25) is 4.90 Å². The topological polar surface area (TPSA) is 51.4 Å². The molecule has 1 aromatic heterocycles. The first kappa shape index (κ1) is 16.9. The molecule has 0 radical (unpaired) electrons. The van der Waals surface area contributed by atoms with E-state index in [4.69, 9.17) is 9.26 Å². The molecule has 5 heteroatoms. The average Bonchev–Trinajstić information content (AvgIpc) is 2.98. The Morgan fingerprint density at radius 3 is 2.58 bits per heavy atom. The van der Waals surface area contributed by atoms with Crippen LogP contribution in [0.2, 0.25) is 0 Å². The lowest BCUT2D eigenvalue weighted by atomic mass is 10.0. The van der Waals surface area contributed by atoms with E-state index < -0.39 is 0 Å². The smallest absolute Gasteiger partial charge is 0.257 e. The summed E-state index contributed by atoms with van der Waals surface area (Å²) in [5.74, 6) is 1.21. The predicted octanol–water partition coefficient (Wildman–Crippen LogP) is 4.01. The molecule has 1 aliphatic heterocycles. The monoisotopic (exact) mass is 349 g/mol. The summed E-state index contributed by atoms with van der Waals surface area (Å²) in [5, 5.41) is 3.84. The second-order valence-corrected chi connectivity index (χ2v) is 6.68. The van der Waals surface area contributed by atoms with E-state index in [9.17, 15) is 0 Å². The third-order valence-corrected chi connectivity index (χ3v) is 4.74. The SMILES string of the molecule is Cc1noc(-c2ccc(C3CCN(Cc4ccccc4)CCO3)cc2)n1. The van der Waals surface area contributed by atoms with Gasteiger partial charge < -0.3 is 9.26 Å². The molecule has 5 nitrogen and oxygen atoms in total. The van der Waals surface area contributed by atoms with Crippen molar-refractivity contribution in [1.29, 1.82) is 0 Å². The summed E-state index contributed by atoms with van der Waals surface area (Å²) in [5.41, 5.74) is 3.49. The second-order valence-electron chi connectivity index (χ2n) is 6.68. The molecule has 2 aromatic carbocycles. The normalized spacial score (nSPS) is 18.6. The van der Waals surface area contributed by atoms with E-state index in [2.05, 4.69) is 57.5 Å². The van der Waals surface area contributed by atoms with Crippen molar-refractivity contribution < 1.29 is 9.26 Å². The third-order valence-electron chi connectivity index (χ3n) is 4.74. The zero-order chi connectivity index (χ0) is 17.8. The lowest BCUT2D eigenvalue weighted by Gasteiger charge is -2.19. The zero-order valence-electron chi connectivity index (χ0n) is 15.0. The Bertz CT molecular complexity index is 830.